The average molecular weight is 327 g/mol. The third kappa shape index (κ3) is 3.97. The van der Waals surface area contributed by atoms with Crippen molar-refractivity contribution < 1.29 is 23.1 Å². The summed E-state index contributed by atoms with van der Waals surface area (Å²) in [6.07, 6.45) is -4.65. The van der Waals surface area contributed by atoms with Crippen LogP contribution in [0.5, 0.6) is 0 Å². The van der Waals surface area contributed by atoms with Gasteiger partial charge in [-0.2, -0.15) is 13.2 Å². The quantitative estimate of drug-likeness (QED) is 0.637. The molecule has 2 aromatic rings. The summed E-state index contributed by atoms with van der Waals surface area (Å²) in [5, 5.41) is 9.41. The van der Waals surface area contributed by atoms with Gasteiger partial charge in [-0.3, -0.25) is 0 Å². The Kier molecular flexibility index (Phi) is 4.70. The zero-order valence-electron chi connectivity index (χ0n) is 11.3. The van der Waals surface area contributed by atoms with Crippen LogP contribution in [-0.4, -0.2) is 21.2 Å². The SMILES string of the molecule is C[C@@H](Sc1nc(-c2ccccc2)cc(C(F)(F)F)n1)C(=O)[O-]. The Morgan fingerprint density at radius 2 is 1.86 bits per heavy atom. The van der Waals surface area contributed by atoms with Gasteiger partial charge >= 0.3 is 6.18 Å². The van der Waals surface area contributed by atoms with Crippen molar-refractivity contribution in [3.8, 4) is 11.3 Å². The number of nitrogens with zero attached hydrogens (tertiary/aromatic N) is 2. The predicted molar refractivity (Wildman–Crippen MR) is 72.8 cm³/mol. The smallest absolute Gasteiger partial charge is 0.433 e. The molecule has 0 saturated heterocycles. The van der Waals surface area contributed by atoms with Crippen LogP contribution in [-0.2, 0) is 11.0 Å². The molecular weight excluding hydrogens is 317 g/mol. The van der Waals surface area contributed by atoms with Gasteiger partial charge in [0.05, 0.1) is 11.7 Å². The zero-order chi connectivity index (χ0) is 16.3. The fourth-order valence-electron chi connectivity index (χ4n) is 1.59. The van der Waals surface area contributed by atoms with Crippen molar-refractivity contribution in [1.29, 1.82) is 0 Å². The van der Waals surface area contributed by atoms with Crippen LogP contribution < -0.4 is 5.11 Å². The molecule has 0 bridgehead atoms. The van der Waals surface area contributed by atoms with E-state index in [-0.39, 0.29) is 10.9 Å². The van der Waals surface area contributed by atoms with Crippen LogP contribution in [0, 0.1) is 0 Å². The Labute approximate surface area is 128 Å². The molecule has 0 aliphatic carbocycles. The molecule has 1 heterocycles. The van der Waals surface area contributed by atoms with E-state index >= 15 is 0 Å². The van der Waals surface area contributed by atoms with Crippen molar-refractivity contribution >= 4 is 17.7 Å². The summed E-state index contributed by atoms with van der Waals surface area (Å²) in [6, 6.07) is 9.12. The molecule has 2 rings (SSSR count). The van der Waals surface area contributed by atoms with Crippen molar-refractivity contribution in [1.82, 2.24) is 9.97 Å². The molecule has 8 heteroatoms. The first-order valence-corrected chi connectivity index (χ1v) is 7.04. The van der Waals surface area contributed by atoms with Crippen molar-refractivity contribution in [2.45, 2.75) is 23.5 Å². The summed E-state index contributed by atoms with van der Waals surface area (Å²) in [5.41, 5.74) is -0.552. The third-order valence-corrected chi connectivity index (χ3v) is 3.62. The van der Waals surface area contributed by atoms with E-state index in [1.165, 1.54) is 6.92 Å². The molecule has 0 N–H and O–H groups in total. The van der Waals surface area contributed by atoms with Crippen LogP contribution in [0.4, 0.5) is 13.2 Å². The topological polar surface area (TPSA) is 65.9 Å². The molecule has 0 radical (unpaired) electrons. The molecule has 0 spiro atoms. The number of benzene rings is 1. The maximum absolute atomic E-state index is 12.9. The Balaban J connectivity index is 2.48. The van der Waals surface area contributed by atoms with E-state index in [9.17, 15) is 23.1 Å². The van der Waals surface area contributed by atoms with E-state index in [2.05, 4.69) is 9.97 Å². The molecule has 0 amide bonds. The van der Waals surface area contributed by atoms with Gasteiger partial charge in [-0.25, -0.2) is 9.97 Å². The first kappa shape index (κ1) is 16.3. The van der Waals surface area contributed by atoms with Crippen LogP contribution in [0.2, 0.25) is 0 Å². The van der Waals surface area contributed by atoms with E-state index in [1.807, 2.05) is 0 Å². The molecular formula is C14H10F3N2O2S-. The van der Waals surface area contributed by atoms with E-state index in [0.29, 0.717) is 17.3 Å². The van der Waals surface area contributed by atoms with Crippen molar-refractivity contribution in [3.63, 3.8) is 0 Å². The minimum absolute atomic E-state index is 0.0796. The number of aromatic nitrogens is 2. The number of alkyl halides is 3. The second-order valence-electron chi connectivity index (χ2n) is 4.36. The Hall–Kier alpha value is -2.09. The summed E-state index contributed by atoms with van der Waals surface area (Å²) >= 11 is 0.607. The van der Waals surface area contributed by atoms with E-state index in [1.54, 1.807) is 30.3 Å². The molecule has 0 fully saturated rings. The maximum Gasteiger partial charge on any atom is 0.433 e. The molecule has 116 valence electrons. The van der Waals surface area contributed by atoms with Gasteiger partial charge in [0.25, 0.3) is 0 Å². The number of halogens is 3. The number of rotatable bonds is 4. The fraction of sp³-hybridized carbons (Fsp3) is 0.214. The number of thioether (sulfide) groups is 1. The minimum Gasteiger partial charge on any atom is -0.549 e. The highest BCUT2D eigenvalue weighted by molar-refractivity contribution is 8.00. The lowest BCUT2D eigenvalue weighted by atomic mass is 10.1. The lowest BCUT2D eigenvalue weighted by molar-refractivity contribution is -0.304. The third-order valence-electron chi connectivity index (χ3n) is 2.68. The summed E-state index contributed by atoms with van der Waals surface area (Å²) in [7, 11) is 0. The summed E-state index contributed by atoms with van der Waals surface area (Å²) < 4.78 is 38.8. The normalized spacial score (nSPS) is 12.9. The number of hydrogen-bond acceptors (Lipinski definition) is 5. The molecule has 0 saturated carbocycles. The molecule has 4 nitrogen and oxygen atoms in total. The number of carbonyl (C=O) groups is 1. The second kappa shape index (κ2) is 6.35. The van der Waals surface area contributed by atoms with E-state index in [0.717, 1.165) is 6.07 Å². The van der Waals surface area contributed by atoms with E-state index < -0.39 is 23.1 Å². The highest BCUT2D eigenvalue weighted by Crippen LogP contribution is 2.32. The predicted octanol–water partition coefficient (Wildman–Crippen LogP) is 2.39. The molecule has 0 aliphatic heterocycles. The van der Waals surface area contributed by atoms with Crippen LogP contribution in [0.1, 0.15) is 12.6 Å². The molecule has 1 atom stereocenters. The van der Waals surface area contributed by atoms with Crippen molar-refractivity contribution in [2.75, 3.05) is 0 Å². The summed E-state index contributed by atoms with van der Waals surface area (Å²) in [6.45, 7) is 1.30. The van der Waals surface area contributed by atoms with Gasteiger partial charge in [0.15, 0.2) is 5.16 Å². The number of carboxylic acid groups (broad SMARTS) is 1. The molecule has 22 heavy (non-hydrogen) atoms. The first-order chi connectivity index (χ1) is 10.3. The molecule has 1 aromatic heterocycles. The molecule has 1 aromatic carbocycles. The van der Waals surface area contributed by atoms with Crippen LogP contribution in [0.3, 0.4) is 0 Å². The largest absolute Gasteiger partial charge is 0.549 e. The van der Waals surface area contributed by atoms with Gasteiger partial charge in [0.2, 0.25) is 0 Å². The molecule has 0 aliphatic rings. The monoisotopic (exact) mass is 327 g/mol. The van der Waals surface area contributed by atoms with Crippen LogP contribution >= 0.6 is 11.8 Å². The lowest BCUT2D eigenvalue weighted by Gasteiger charge is -2.14. The number of carbonyl (C=O) groups excluding carboxylic acids is 1. The number of carboxylic acids is 1. The highest BCUT2D eigenvalue weighted by atomic mass is 32.2. The van der Waals surface area contributed by atoms with Crippen molar-refractivity contribution in [2.24, 2.45) is 0 Å². The second-order valence-corrected chi connectivity index (χ2v) is 5.67. The number of aliphatic carboxylic acids is 1. The fourth-order valence-corrected chi connectivity index (χ4v) is 2.30. The minimum atomic E-state index is -4.65. The zero-order valence-corrected chi connectivity index (χ0v) is 12.1. The van der Waals surface area contributed by atoms with Crippen molar-refractivity contribution in [3.05, 3.63) is 42.1 Å². The maximum atomic E-state index is 12.9. The number of hydrogen-bond donors (Lipinski definition) is 0. The van der Waals surface area contributed by atoms with Gasteiger partial charge in [-0.1, -0.05) is 42.1 Å². The summed E-state index contributed by atoms with van der Waals surface area (Å²) in [4.78, 5) is 18.1. The van der Waals surface area contributed by atoms with Crippen LogP contribution in [0.25, 0.3) is 11.3 Å². The Bertz CT molecular complexity index is 678. The van der Waals surface area contributed by atoms with Crippen LogP contribution in [0.15, 0.2) is 41.6 Å². The van der Waals surface area contributed by atoms with Gasteiger partial charge in [-0.05, 0) is 13.0 Å². The lowest BCUT2D eigenvalue weighted by Crippen LogP contribution is -2.31. The summed E-state index contributed by atoms with van der Waals surface area (Å²) in [5.74, 6) is -1.40. The Morgan fingerprint density at radius 3 is 2.41 bits per heavy atom. The first-order valence-electron chi connectivity index (χ1n) is 6.16. The Morgan fingerprint density at radius 1 is 1.23 bits per heavy atom. The van der Waals surface area contributed by atoms with Gasteiger partial charge < -0.3 is 9.90 Å². The molecule has 0 unspecified atom stereocenters. The standard InChI is InChI=1S/C14H11F3N2O2S/c1-8(12(20)21)22-13-18-10(9-5-3-2-4-6-9)7-11(19-13)14(15,16)17/h2-8H,1H3,(H,20,21)/p-1/t8-/m1/s1. The highest BCUT2D eigenvalue weighted by Gasteiger charge is 2.34. The van der Waals surface area contributed by atoms with Gasteiger partial charge in [0.1, 0.15) is 5.69 Å². The van der Waals surface area contributed by atoms with Gasteiger partial charge in [-0.15, -0.1) is 0 Å². The van der Waals surface area contributed by atoms with Gasteiger partial charge in [0, 0.05) is 10.8 Å². The average Bonchev–Trinajstić information content (AvgIpc) is 2.46. The van der Waals surface area contributed by atoms with E-state index in [4.69, 9.17) is 0 Å².